The van der Waals surface area contributed by atoms with Crippen LogP contribution in [0.15, 0.2) is 41.3 Å². The van der Waals surface area contributed by atoms with Crippen LogP contribution in [0.4, 0.5) is 11.4 Å². The van der Waals surface area contributed by atoms with Crippen molar-refractivity contribution in [2.45, 2.75) is 13.5 Å². The molecular formula is C15H20N4O. The lowest BCUT2D eigenvalue weighted by atomic mass is 10.2. The molecule has 5 heteroatoms. The second kappa shape index (κ2) is 6.23. The normalized spacial score (nSPS) is 10.3. The molecule has 1 N–H and O–H groups in total. The highest BCUT2D eigenvalue weighted by molar-refractivity contribution is 5.50. The van der Waals surface area contributed by atoms with Crippen LogP contribution >= 0.6 is 0 Å². The zero-order valence-corrected chi connectivity index (χ0v) is 12.1. The summed E-state index contributed by atoms with van der Waals surface area (Å²) < 4.78 is 1.47. The zero-order valence-electron chi connectivity index (χ0n) is 12.1. The zero-order chi connectivity index (χ0) is 14.5. The molecule has 5 nitrogen and oxygen atoms in total. The topological polar surface area (TPSA) is 50.2 Å². The van der Waals surface area contributed by atoms with Crippen LogP contribution in [0.5, 0.6) is 0 Å². The van der Waals surface area contributed by atoms with Gasteiger partial charge in [-0.2, -0.15) is 5.10 Å². The van der Waals surface area contributed by atoms with Gasteiger partial charge in [-0.1, -0.05) is 18.2 Å². The number of rotatable bonds is 5. The van der Waals surface area contributed by atoms with E-state index in [0.717, 1.165) is 11.4 Å². The second-order valence-corrected chi connectivity index (χ2v) is 4.91. The smallest absolute Gasteiger partial charge is 0.268 e. The largest absolute Gasteiger partial charge is 0.383 e. The molecule has 0 spiro atoms. The van der Waals surface area contributed by atoms with Gasteiger partial charge in [-0.25, -0.2) is 4.68 Å². The molecule has 0 unspecified atom stereocenters. The van der Waals surface area contributed by atoms with Gasteiger partial charge >= 0.3 is 0 Å². The number of nitrogens with zero attached hydrogens (tertiary/aromatic N) is 3. The summed E-state index contributed by atoms with van der Waals surface area (Å²) in [5, 5.41) is 7.49. The van der Waals surface area contributed by atoms with Crippen molar-refractivity contribution in [1.82, 2.24) is 9.78 Å². The molecule has 2 aromatic rings. The number of nitrogens with one attached hydrogen (secondary N) is 1. The summed E-state index contributed by atoms with van der Waals surface area (Å²) in [6.07, 6.45) is 1.70. The Hall–Kier alpha value is -2.30. The van der Waals surface area contributed by atoms with E-state index in [1.54, 1.807) is 12.3 Å². The number of hydrogen-bond acceptors (Lipinski definition) is 4. The minimum Gasteiger partial charge on any atom is -0.383 e. The average molecular weight is 272 g/mol. The third-order valence-corrected chi connectivity index (χ3v) is 3.16. The van der Waals surface area contributed by atoms with Crippen molar-refractivity contribution in [1.29, 1.82) is 0 Å². The van der Waals surface area contributed by atoms with Crippen LogP contribution in [0.3, 0.4) is 0 Å². The van der Waals surface area contributed by atoms with E-state index in [-0.39, 0.29) is 5.56 Å². The first-order valence-corrected chi connectivity index (χ1v) is 6.62. The maximum absolute atomic E-state index is 11.9. The van der Waals surface area contributed by atoms with Crippen molar-refractivity contribution >= 4 is 11.4 Å². The van der Waals surface area contributed by atoms with Gasteiger partial charge in [0.2, 0.25) is 0 Å². The van der Waals surface area contributed by atoms with E-state index < -0.39 is 0 Å². The molecule has 0 saturated heterocycles. The Morgan fingerprint density at radius 3 is 2.70 bits per heavy atom. The fourth-order valence-corrected chi connectivity index (χ4v) is 1.90. The fourth-order valence-electron chi connectivity index (χ4n) is 1.90. The second-order valence-electron chi connectivity index (χ2n) is 4.91. The molecule has 0 amide bonds. The minimum atomic E-state index is -0.0808. The predicted molar refractivity (Wildman–Crippen MR) is 82.5 cm³/mol. The molecule has 0 aliphatic carbocycles. The summed E-state index contributed by atoms with van der Waals surface area (Å²) in [6.45, 7) is 3.26. The highest BCUT2D eigenvalue weighted by atomic mass is 16.1. The molecule has 1 heterocycles. The maximum atomic E-state index is 11.9. The van der Waals surface area contributed by atoms with E-state index in [0.29, 0.717) is 13.1 Å². The Morgan fingerprint density at radius 1 is 1.30 bits per heavy atom. The number of benzene rings is 1. The van der Waals surface area contributed by atoms with Crippen LogP contribution in [0.25, 0.3) is 0 Å². The molecule has 2 rings (SSSR count). The van der Waals surface area contributed by atoms with Crippen molar-refractivity contribution in [2.24, 2.45) is 0 Å². The minimum absolute atomic E-state index is 0.0808. The molecule has 0 fully saturated rings. The maximum Gasteiger partial charge on any atom is 0.268 e. The van der Waals surface area contributed by atoms with Gasteiger partial charge in [0.05, 0.1) is 18.4 Å². The first-order chi connectivity index (χ1) is 9.58. The average Bonchev–Trinajstić information content (AvgIpc) is 2.42. The van der Waals surface area contributed by atoms with Crippen LogP contribution in [0.2, 0.25) is 0 Å². The number of aromatic nitrogens is 2. The van der Waals surface area contributed by atoms with Crippen molar-refractivity contribution in [3.05, 3.63) is 52.4 Å². The molecule has 0 saturated carbocycles. The third-order valence-electron chi connectivity index (χ3n) is 3.16. The monoisotopic (exact) mass is 272 g/mol. The highest BCUT2D eigenvalue weighted by Crippen LogP contribution is 2.12. The van der Waals surface area contributed by atoms with Crippen LogP contribution in [0, 0.1) is 6.92 Å². The van der Waals surface area contributed by atoms with E-state index in [1.807, 2.05) is 37.2 Å². The summed E-state index contributed by atoms with van der Waals surface area (Å²) in [7, 11) is 3.78. The number of aryl methyl sites for hydroxylation is 1. The predicted octanol–water partition coefficient (Wildman–Crippen LogP) is 1.73. The van der Waals surface area contributed by atoms with Crippen LogP contribution in [0.1, 0.15) is 5.56 Å². The Morgan fingerprint density at radius 2 is 2.05 bits per heavy atom. The van der Waals surface area contributed by atoms with Crippen LogP contribution < -0.4 is 15.8 Å². The van der Waals surface area contributed by atoms with E-state index in [2.05, 4.69) is 23.4 Å². The number of hydrogen-bond donors (Lipinski definition) is 1. The first-order valence-electron chi connectivity index (χ1n) is 6.62. The van der Waals surface area contributed by atoms with Crippen molar-refractivity contribution < 1.29 is 0 Å². The van der Waals surface area contributed by atoms with Gasteiger partial charge in [0.1, 0.15) is 0 Å². The quantitative estimate of drug-likeness (QED) is 0.900. The van der Waals surface area contributed by atoms with Crippen molar-refractivity contribution in [3.8, 4) is 0 Å². The van der Waals surface area contributed by atoms with E-state index in [4.69, 9.17) is 0 Å². The Balaban J connectivity index is 1.98. The van der Waals surface area contributed by atoms with Gasteiger partial charge in [0, 0.05) is 32.4 Å². The lowest BCUT2D eigenvalue weighted by Gasteiger charge is -2.13. The Labute approximate surface area is 118 Å². The molecule has 1 aromatic heterocycles. The molecule has 0 atom stereocenters. The number of para-hydroxylation sites is 1. The van der Waals surface area contributed by atoms with Gasteiger partial charge in [0.25, 0.3) is 5.56 Å². The summed E-state index contributed by atoms with van der Waals surface area (Å²) >= 11 is 0. The standard InChI is InChI=1S/C15H20N4O/c1-12-6-4-5-7-14(12)16-8-9-19-15(20)10-13(11-17-19)18(2)3/h4-7,10-11,16H,8-9H2,1-3H3. The fraction of sp³-hybridized carbons (Fsp3) is 0.333. The van der Waals surface area contributed by atoms with E-state index in [1.165, 1.54) is 10.2 Å². The molecule has 0 bridgehead atoms. The van der Waals surface area contributed by atoms with Gasteiger partial charge in [-0.3, -0.25) is 4.79 Å². The summed E-state index contributed by atoms with van der Waals surface area (Å²) in [5.74, 6) is 0. The van der Waals surface area contributed by atoms with Crippen molar-refractivity contribution in [2.75, 3.05) is 30.9 Å². The van der Waals surface area contributed by atoms with Gasteiger partial charge in [-0.05, 0) is 18.6 Å². The highest BCUT2D eigenvalue weighted by Gasteiger charge is 2.02. The Bertz CT molecular complexity index is 634. The van der Waals surface area contributed by atoms with Gasteiger partial charge in [0.15, 0.2) is 0 Å². The lowest BCUT2D eigenvalue weighted by molar-refractivity contribution is 0.597. The van der Waals surface area contributed by atoms with Crippen LogP contribution in [-0.4, -0.2) is 30.4 Å². The van der Waals surface area contributed by atoms with E-state index in [9.17, 15) is 4.79 Å². The van der Waals surface area contributed by atoms with E-state index >= 15 is 0 Å². The van der Waals surface area contributed by atoms with Crippen LogP contribution in [-0.2, 0) is 6.54 Å². The molecule has 0 aliphatic heterocycles. The van der Waals surface area contributed by atoms with Crippen molar-refractivity contribution in [3.63, 3.8) is 0 Å². The number of anilines is 2. The Kier molecular flexibility index (Phi) is 4.40. The lowest BCUT2D eigenvalue weighted by Crippen LogP contribution is -2.27. The summed E-state index contributed by atoms with van der Waals surface area (Å²) in [4.78, 5) is 13.8. The van der Waals surface area contributed by atoms with Gasteiger partial charge in [-0.15, -0.1) is 0 Å². The molecule has 1 aromatic carbocycles. The molecular weight excluding hydrogens is 252 g/mol. The summed E-state index contributed by atoms with van der Waals surface area (Å²) in [6, 6.07) is 9.68. The third kappa shape index (κ3) is 3.38. The van der Waals surface area contributed by atoms with Gasteiger partial charge < -0.3 is 10.2 Å². The molecule has 106 valence electrons. The molecule has 20 heavy (non-hydrogen) atoms. The summed E-state index contributed by atoms with van der Waals surface area (Å²) in [5.41, 5.74) is 3.02. The molecule has 0 radical (unpaired) electrons. The first kappa shape index (κ1) is 14.1. The SMILES string of the molecule is Cc1ccccc1NCCn1ncc(N(C)C)cc1=O. The molecule has 0 aliphatic rings.